The molecule has 0 aliphatic carbocycles. The van der Waals surface area contributed by atoms with Crippen molar-refractivity contribution in [2.45, 2.75) is 26.6 Å². The van der Waals surface area contributed by atoms with Crippen LogP contribution in [0.5, 0.6) is 0 Å². The van der Waals surface area contributed by atoms with Gasteiger partial charge in [-0.2, -0.15) is 0 Å². The van der Waals surface area contributed by atoms with Gasteiger partial charge < -0.3 is 0 Å². The standard InChI is InChI=1S/C20H24NSi/c1-15-8-6-7-9-18(15)20-19-11-10-17(22(3,4)5)14-16(19)12-13-21(20)2/h6-14H,1-5H3/q+1. The summed E-state index contributed by atoms with van der Waals surface area (Å²) in [6.07, 6.45) is 2.18. The number of aryl methyl sites for hydroxylation is 2. The Balaban J connectivity index is 2.31. The van der Waals surface area contributed by atoms with E-state index in [1.54, 1.807) is 0 Å². The molecule has 1 aromatic heterocycles. The van der Waals surface area contributed by atoms with Gasteiger partial charge in [0.15, 0.2) is 6.20 Å². The average molecular weight is 307 g/mol. The highest BCUT2D eigenvalue weighted by molar-refractivity contribution is 6.88. The van der Waals surface area contributed by atoms with Gasteiger partial charge in [-0.25, -0.2) is 4.57 Å². The molecule has 112 valence electrons. The van der Waals surface area contributed by atoms with Crippen molar-refractivity contribution < 1.29 is 4.57 Å². The average Bonchev–Trinajstić information content (AvgIpc) is 2.47. The van der Waals surface area contributed by atoms with Crippen LogP contribution in [-0.2, 0) is 7.05 Å². The minimum atomic E-state index is -1.28. The summed E-state index contributed by atoms with van der Waals surface area (Å²) in [6.45, 7) is 9.39. The summed E-state index contributed by atoms with van der Waals surface area (Å²) < 4.78 is 2.23. The molecule has 3 aromatic rings. The van der Waals surface area contributed by atoms with Crippen LogP contribution in [-0.4, -0.2) is 8.07 Å². The molecule has 0 spiro atoms. The van der Waals surface area contributed by atoms with E-state index in [1.807, 2.05) is 0 Å². The van der Waals surface area contributed by atoms with Gasteiger partial charge >= 0.3 is 0 Å². The summed E-state index contributed by atoms with van der Waals surface area (Å²) in [4.78, 5) is 0. The second kappa shape index (κ2) is 5.36. The summed E-state index contributed by atoms with van der Waals surface area (Å²) in [5.74, 6) is 0. The maximum atomic E-state index is 2.40. The topological polar surface area (TPSA) is 3.88 Å². The quantitative estimate of drug-likeness (QED) is 0.494. The highest BCUT2D eigenvalue weighted by Gasteiger charge is 2.20. The Kier molecular flexibility index (Phi) is 3.65. The summed E-state index contributed by atoms with van der Waals surface area (Å²) in [6, 6.07) is 17.9. The van der Waals surface area contributed by atoms with Crippen LogP contribution in [0.25, 0.3) is 22.0 Å². The van der Waals surface area contributed by atoms with Gasteiger partial charge in [0.05, 0.1) is 13.5 Å². The Morgan fingerprint density at radius 1 is 0.909 bits per heavy atom. The number of pyridine rings is 1. The van der Waals surface area contributed by atoms with Crippen molar-refractivity contribution in [2.24, 2.45) is 7.05 Å². The van der Waals surface area contributed by atoms with Gasteiger partial charge in [-0.1, -0.05) is 55.2 Å². The number of hydrogen-bond acceptors (Lipinski definition) is 0. The number of aromatic nitrogens is 1. The van der Waals surface area contributed by atoms with Crippen molar-refractivity contribution in [1.29, 1.82) is 0 Å². The van der Waals surface area contributed by atoms with Gasteiger partial charge in [-0.3, -0.25) is 0 Å². The molecule has 2 aromatic carbocycles. The molecule has 1 heterocycles. The minimum absolute atomic E-state index is 1.28. The zero-order valence-electron chi connectivity index (χ0n) is 14.1. The lowest BCUT2D eigenvalue weighted by atomic mass is 10.00. The van der Waals surface area contributed by atoms with E-state index < -0.39 is 8.07 Å². The van der Waals surface area contributed by atoms with Crippen LogP contribution < -0.4 is 9.75 Å². The molecule has 0 saturated carbocycles. The lowest BCUT2D eigenvalue weighted by Gasteiger charge is -2.17. The van der Waals surface area contributed by atoms with E-state index in [9.17, 15) is 0 Å². The minimum Gasteiger partial charge on any atom is -0.200 e. The lowest BCUT2D eigenvalue weighted by Crippen LogP contribution is -2.37. The number of hydrogen-bond donors (Lipinski definition) is 0. The summed E-state index contributed by atoms with van der Waals surface area (Å²) in [5, 5.41) is 4.20. The van der Waals surface area contributed by atoms with Gasteiger partial charge in [0, 0.05) is 11.6 Å². The molecule has 0 aliphatic heterocycles. The zero-order chi connectivity index (χ0) is 15.9. The van der Waals surface area contributed by atoms with E-state index in [0.29, 0.717) is 0 Å². The Hall–Kier alpha value is -1.93. The second-order valence-electron chi connectivity index (χ2n) is 7.14. The zero-order valence-corrected chi connectivity index (χ0v) is 15.1. The molecule has 2 heteroatoms. The molecule has 0 saturated heterocycles. The molecule has 0 fully saturated rings. The van der Waals surface area contributed by atoms with Crippen LogP contribution in [0.2, 0.25) is 19.6 Å². The van der Waals surface area contributed by atoms with Crippen LogP contribution in [0.15, 0.2) is 54.7 Å². The van der Waals surface area contributed by atoms with Gasteiger partial charge in [0.1, 0.15) is 7.05 Å². The molecular weight excluding hydrogens is 282 g/mol. The Bertz CT molecular complexity index is 844. The highest BCUT2D eigenvalue weighted by atomic mass is 28.3. The fraction of sp³-hybridized carbons (Fsp3) is 0.250. The molecule has 0 atom stereocenters. The van der Waals surface area contributed by atoms with E-state index in [-0.39, 0.29) is 0 Å². The summed E-state index contributed by atoms with van der Waals surface area (Å²) >= 11 is 0. The highest BCUT2D eigenvalue weighted by Crippen LogP contribution is 2.27. The first-order valence-electron chi connectivity index (χ1n) is 7.87. The largest absolute Gasteiger partial charge is 0.220 e. The number of nitrogens with zero attached hydrogens (tertiary/aromatic N) is 1. The van der Waals surface area contributed by atoms with Crippen LogP contribution in [0.4, 0.5) is 0 Å². The lowest BCUT2D eigenvalue weighted by molar-refractivity contribution is -0.659. The third kappa shape index (κ3) is 2.59. The normalized spacial score (nSPS) is 11.9. The SMILES string of the molecule is Cc1ccccc1-c1c2ccc([Si](C)(C)C)cc2cc[n+]1C. The van der Waals surface area contributed by atoms with Crippen molar-refractivity contribution in [1.82, 2.24) is 0 Å². The summed E-state index contributed by atoms with van der Waals surface area (Å²) in [5.41, 5.74) is 3.94. The van der Waals surface area contributed by atoms with Gasteiger partial charge in [0.25, 0.3) is 0 Å². The number of benzene rings is 2. The molecule has 0 N–H and O–H groups in total. The molecule has 1 nitrogen and oxygen atoms in total. The monoisotopic (exact) mass is 306 g/mol. The van der Waals surface area contributed by atoms with Crippen molar-refractivity contribution in [2.75, 3.05) is 0 Å². The van der Waals surface area contributed by atoms with E-state index >= 15 is 0 Å². The van der Waals surface area contributed by atoms with E-state index in [4.69, 9.17) is 0 Å². The fourth-order valence-corrected chi connectivity index (χ4v) is 4.18. The third-order valence-electron chi connectivity index (χ3n) is 4.40. The van der Waals surface area contributed by atoms with E-state index in [2.05, 4.69) is 92.9 Å². The van der Waals surface area contributed by atoms with E-state index in [1.165, 1.54) is 32.8 Å². The van der Waals surface area contributed by atoms with Crippen molar-refractivity contribution in [3.05, 3.63) is 60.3 Å². The molecular formula is C20H24NSi+. The predicted molar refractivity (Wildman–Crippen MR) is 98.3 cm³/mol. The molecule has 0 radical (unpaired) electrons. The van der Waals surface area contributed by atoms with Crippen molar-refractivity contribution in [3.8, 4) is 11.3 Å². The van der Waals surface area contributed by atoms with Crippen LogP contribution >= 0.6 is 0 Å². The van der Waals surface area contributed by atoms with Gasteiger partial charge in [0.2, 0.25) is 5.69 Å². The summed E-state index contributed by atoms with van der Waals surface area (Å²) in [7, 11) is 0.854. The first-order chi connectivity index (χ1) is 10.4. The Morgan fingerprint density at radius 2 is 1.64 bits per heavy atom. The third-order valence-corrected chi connectivity index (χ3v) is 6.45. The molecule has 0 amide bonds. The number of fused-ring (bicyclic) bond motifs is 1. The predicted octanol–water partition coefficient (Wildman–Crippen LogP) is 4.18. The second-order valence-corrected chi connectivity index (χ2v) is 12.2. The first kappa shape index (κ1) is 15.0. The Labute approximate surface area is 134 Å². The fourth-order valence-electron chi connectivity index (χ4n) is 3.01. The Morgan fingerprint density at radius 3 is 2.32 bits per heavy atom. The van der Waals surface area contributed by atoms with Crippen LogP contribution in [0.3, 0.4) is 0 Å². The smallest absolute Gasteiger partial charge is 0.200 e. The molecule has 0 bridgehead atoms. The van der Waals surface area contributed by atoms with Crippen LogP contribution in [0.1, 0.15) is 5.56 Å². The molecule has 0 aliphatic rings. The maximum absolute atomic E-state index is 2.40. The molecule has 0 unspecified atom stereocenters. The van der Waals surface area contributed by atoms with Crippen LogP contribution in [0, 0.1) is 6.92 Å². The van der Waals surface area contributed by atoms with Crippen molar-refractivity contribution >= 4 is 24.0 Å². The maximum Gasteiger partial charge on any atom is 0.220 e. The van der Waals surface area contributed by atoms with E-state index in [0.717, 1.165) is 0 Å². The number of rotatable bonds is 2. The first-order valence-corrected chi connectivity index (χ1v) is 11.4. The van der Waals surface area contributed by atoms with Gasteiger partial charge in [-0.15, -0.1) is 0 Å². The molecule has 3 rings (SSSR count). The van der Waals surface area contributed by atoms with Crippen molar-refractivity contribution in [3.63, 3.8) is 0 Å². The van der Waals surface area contributed by atoms with Gasteiger partial charge in [-0.05, 0) is 30.0 Å². The molecule has 22 heavy (non-hydrogen) atoms.